The minimum absolute atomic E-state index is 0.00190. The number of ether oxygens (including phenoxy) is 2. The molecule has 5 heteroatoms. The molecule has 0 unspecified atom stereocenters. The van der Waals surface area contributed by atoms with Gasteiger partial charge in [-0.3, -0.25) is 0 Å². The lowest BCUT2D eigenvalue weighted by molar-refractivity contribution is -0.0124. The van der Waals surface area contributed by atoms with Crippen LogP contribution in [0.15, 0.2) is 18.2 Å². The number of hydrogen-bond acceptors (Lipinski definition) is 4. The molecule has 0 atom stereocenters. The van der Waals surface area contributed by atoms with E-state index in [9.17, 15) is 9.18 Å². The number of nitrogen functional groups attached to an aromatic ring is 1. The molecule has 0 aliphatic carbocycles. The topological polar surface area (TPSA) is 61.5 Å². The van der Waals surface area contributed by atoms with E-state index < -0.39 is 11.8 Å². The number of methoxy groups -OCH3 is 1. The van der Waals surface area contributed by atoms with E-state index in [4.69, 9.17) is 5.73 Å². The number of carbonyl (C=O) groups excluding carboxylic acids is 1. The highest BCUT2D eigenvalue weighted by Crippen LogP contribution is 2.14. The van der Waals surface area contributed by atoms with Crippen molar-refractivity contribution >= 4 is 11.7 Å². The number of esters is 1. The largest absolute Gasteiger partial charge is 0.435 e. The van der Waals surface area contributed by atoms with Gasteiger partial charge in [0.05, 0.1) is 5.56 Å². The molecule has 0 spiro atoms. The lowest BCUT2D eigenvalue weighted by Gasteiger charge is -2.05. The third kappa shape index (κ3) is 2.43. The van der Waals surface area contributed by atoms with Gasteiger partial charge in [-0.2, -0.15) is 0 Å². The summed E-state index contributed by atoms with van der Waals surface area (Å²) in [5.74, 6) is -1.24. The smallest absolute Gasteiger partial charge is 0.342 e. The summed E-state index contributed by atoms with van der Waals surface area (Å²) in [7, 11) is 1.38. The van der Waals surface area contributed by atoms with Crippen molar-refractivity contribution in [3.8, 4) is 0 Å². The van der Waals surface area contributed by atoms with Crippen LogP contribution in [-0.4, -0.2) is 19.9 Å². The van der Waals surface area contributed by atoms with Crippen molar-refractivity contribution in [2.45, 2.75) is 0 Å². The van der Waals surface area contributed by atoms with Gasteiger partial charge < -0.3 is 15.2 Å². The fourth-order valence-corrected chi connectivity index (χ4v) is 0.895. The number of halogens is 1. The summed E-state index contributed by atoms with van der Waals surface area (Å²) >= 11 is 0. The Morgan fingerprint density at radius 2 is 2.29 bits per heavy atom. The van der Waals surface area contributed by atoms with Crippen molar-refractivity contribution in [3.63, 3.8) is 0 Å². The predicted molar refractivity (Wildman–Crippen MR) is 48.1 cm³/mol. The molecular weight excluding hydrogens is 189 g/mol. The highest BCUT2D eigenvalue weighted by atomic mass is 19.1. The number of nitrogens with two attached hydrogens (primary N) is 1. The first-order chi connectivity index (χ1) is 6.65. The summed E-state index contributed by atoms with van der Waals surface area (Å²) in [5.41, 5.74) is 5.63. The van der Waals surface area contributed by atoms with Crippen LogP contribution in [0.3, 0.4) is 0 Å². The van der Waals surface area contributed by atoms with Gasteiger partial charge in [0.1, 0.15) is 5.82 Å². The van der Waals surface area contributed by atoms with Crippen LogP contribution in [0.5, 0.6) is 0 Å². The van der Waals surface area contributed by atoms with Crippen LogP contribution in [0.4, 0.5) is 10.1 Å². The molecule has 0 saturated carbocycles. The first-order valence-corrected chi connectivity index (χ1v) is 3.86. The Bertz CT molecular complexity index is 341. The molecule has 0 heterocycles. The minimum Gasteiger partial charge on any atom is -0.435 e. The molecule has 0 saturated heterocycles. The second-order valence-electron chi connectivity index (χ2n) is 2.57. The van der Waals surface area contributed by atoms with Gasteiger partial charge in [-0.05, 0) is 18.2 Å². The van der Waals surface area contributed by atoms with E-state index in [1.54, 1.807) is 0 Å². The van der Waals surface area contributed by atoms with Crippen molar-refractivity contribution in [3.05, 3.63) is 29.6 Å². The highest BCUT2D eigenvalue weighted by molar-refractivity contribution is 5.94. The van der Waals surface area contributed by atoms with Gasteiger partial charge >= 0.3 is 5.97 Å². The van der Waals surface area contributed by atoms with Gasteiger partial charge in [0, 0.05) is 12.8 Å². The van der Waals surface area contributed by atoms with Crippen LogP contribution in [-0.2, 0) is 9.47 Å². The maximum Gasteiger partial charge on any atom is 0.342 e. The fraction of sp³-hybridized carbons (Fsp3) is 0.222. The number of benzene rings is 1. The average molecular weight is 199 g/mol. The van der Waals surface area contributed by atoms with Gasteiger partial charge in [0.2, 0.25) is 0 Å². The van der Waals surface area contributed by atoms with Crippen molar-refractivity contribution < 1.29 is 18.7 Å². The highest BCUT2D eigenvalue weighted by Gasteiger charge is 2.11. The molecule has 0 aliphatic heterocycles. The third-order valence-corrected chi connectivity index (χ3v) is 1.54. The molecule has 1 rings (SSSR count). The summed E-state index contributed by atoms with van der Waals surface area (Å²) in [6, 6.07) is 3.49. The maximum absolute atomic E-state index is 12.7. The van der Waals surface area contributed by atoms with E-state index >= 15 is 0 Å². The van der Waals surface area contributed by atoms with Crippen molar-refractivity contribution in [1.82, 2.24) is 0 Å². The summed E-state index contributed by atoms with van der Waals surface area (Å²) in [4.78, 5) is 11.2. The standard InChI is InChI=1S/C9H10FNO3/c1-13-5-14-9(12)7-4-6(10)2-3-8(7)11/h2-4H,5,11H2,1H3. The Morgan fingerprint density at radius 1 is 1.57 bits per heavy atom. The summed E-state index contributed by atoms with van der Waals surface area (Å²) < 4.78 is 21.9. The molecule has 0 amide bonds. The van der Waals surface area contributed by atoms with Crippen LogP contribution in [0.2, 0.25) is 0 Å². The molecule has 0 aliphatic rings. The maximum atomic E-state index is 12.7. The second-order valence-corrected chi connectivity index (χ2v) is 2.57. The van der Waals surface area contributed by atoms with Crippen molar-refractivity contribution in [2.24, 2.45) is 0 Å². The number of carbonyl (C=O) groups is 1. The van der Waals surface area contributed by atoms with E-state index in [2.05, 4.69) is 9.47 Å². The van der Waals surface area contributed by atoms with Crippen LogP contribution in [0, 0.1) is 5.82 Å². The van der Waals surface area contributed by atoms with Gasteiger partial charge in [-0.25, -0.2) is 9.18 Å². The molecule has 0 aromatic heterocycles. The van der Waals surface area contributed by atoms with Crippen LogP contribution >= 0.6 is 0 Å². The molecule has 14 heavy (non-hydrogen) atoms. The SMILES string of the molecule is COCOC(=O)c1cc(F)ccc1N. The number of anilines is 1. The van der Waals surface area contributed by atoms with Gasteiger partial charge in [-0.15, -0.1) is 0 Å². The fourth-order valence-electron chi connectivity index (χ4n) is 0.895. The van der Waals surface area contributed by atoms with E-state index in [1.165, 1.54) is 19.2 Å². The monoisotopic (exact) mass is 199 g/mol. The Labute approximate surface area is 80.4 Å². The number of hydrogen-bond donors (Lipinski definition) is 1. The molecule has 1 aromatic rings. The van der Waals surface area contributed by atoms with Crippen molar-refractivity contribution in [1.29, 1.82) is 0 Å². The zero-order valence-corrected chi connectivity index (χ0v) is 7.62. The summed E-state index contributed by atoms with van der Waals surface area (Å²) in [6.07, 6.45) is 0. The van der Waals surface area contributed by atoms with Gasteiger partial charge in [0.25, 0.3) is 0 Å². The first kappa shape index (κ1) is 10.5. The zero-order valence-electron chi connectivity index (χ0n) is 7.62. The van der Waals surface area contributed by atoms with E-state index in [1.807, 2.05) is 0 Å². The van der Waals surface area contributed by atoms with Crippen LogP contribution < -0.4 is 5.73 Å². The lowest BCUT2D eigenvalue weighted by atomic mass is 10.2. The minimum atomic E-state index is -0.705. The summed E-state index contributed by atoms with van der Waals surface area (Å²) in [5, 5.41) is 0. The Balaban J connectivity index is 2.83. The molecule has 2 N–H and O–H groups in total. The van der Waals surface area contributed by atoms with E-state index in [0.717, 1.165) is 6.07 Å². The predicted octanol–water partition coefficient (Wildman–Crippen LogP) is 1.17. The van der Waals surface area contributed by atoms with Gasteiger partial charge in [-0.1, -0.05) is 0 Å². The summed E-state index contributed by atoms with van der Waals surface area (Å²) in [6.45, 7) is -0.186. The second kappa shape index (κ2) is 4.57. The Kier molecular flexibility index (Phi) is 3.41. The molecule has 1 aromatic carbocycles. The molecule has 4 nitrogen and oxygen atoms in total. The van der Waals surface area contributed by atoms with Crippen LogP contribution in [0.1, 0.15) is 10.4 Å². The molecule has 0 bridgehead atoms. The molecule has 0 fully saturated rings. The Hall–Kier alpha value is -1.62. The van der Waals surface area contributed by atoms with E-state index in [0.29, 0.717) is 0 Å². The zero-order chi connectivity index (χ0) is 10.6. The average Bonchev–Trinajstić information content (AvgIpc) is 2.18. The quantitative estimate of drug-likeness (QED) is 0.451. The third-order valence-electron chi connectivity index (χ3n) is 1.54. The number of rotatable bonds is 3. The first-order valence-electron chi connectivity index (χ1n) is 3.86. The molecule has 76 valence electrons. The molecular formula is C9H10FNO3. The van der Waals surface area contributed by atoms with Crippen LogP contribution in [0.25, 0.3) is 0 Å². The Morgan fingerprint density at radius 3 is 2.93 bits per heavy atom. The van der Waals surface area contributed by atoms with Crippen molar-refractivity contribution in [2.75, 3.05) is 19.6 Å². The molecule has 0 radical (unpaired) electrons. The lowest BCUT2D eigenvalue weighted by Crippen LogP contribution is -2.10. The van der Waals surface area contributed by atoms with E-state index in [-0.39, 0.29) is 18.0 Å². The normalized spacial score (nSPS) is 9.86. The van der Waals surface area contributed by atoms with Gasteiger partial charge in [0.15, 0.2) is 6.79 Å².